The third kappa shape index (κ3) is 2.71. The van der Waals surface area contributed by atoms with Gasteiger partial charge in [-0.1, -0.05) is 36.4 Å². The summed E-state index contributed by atoms with van der Waals surface area (Å²) in [5, 5.41) is 0. The predicted molar refractivity (Wildman–Crippen MR) is 109 cm³/mol. The minimum absolute atomic E-state index is 0.0423. The van der Waals surface area contributed by atoms with Crippen LogP contribution in [0.15, 0.2) is 54.0 Å². The normalized spacial score (nSPS) is 24.0. The number of fused-ring (bicyclic) bond motifs is 2. The van der Waals surface area contributed by atoms with Crippen LogP contribution in [0.25, 0.3) is 10.2 Å². The van der Waals surface area contributed by atoms with Crippen molar-refractivity contribution in [1.82, 2.24) is 14.8 Å². The van der Waals surface area contributed by atoms with Gasteiger partial charge in [-0.15, -0.1) is 11.3 Å². The highest BCUT2D eigenvalue weighted by molar-refractivity contribution is 7.17. The van der Waals surface area contributed by atoms with Crippen LogP contribution in [-0.4, -0.2) is 46.2 Å². The summed E-state index contributed by atoms with van der Waals surface area (Å²) in [7, 11) is 0. The number of benzene rings is 2. The Morgan fingerprint density at radius 1 is 1.04 bits per heavy atom. The van der Waals surface area contributed by atoms with Crippen molar-refractivity contribution in [3.8, 4) is 0 Å². The number of carbonyl (C=O) groups is 2. The number of aromatic nitrogens is 1. The zero-order chi connectivity index (χ0) is 19.3. The molecule has 2 aliphatic rings. The molecule has 0 saturated carbocycles. The van der Waals surface area contributed by atoms with E-state index in [1.807, 2.05) is 46.2 Å². The van der Waals surface area contributed by atoms with Gasteiger partial charge in [0.15, 0.2) is 0 Å². The van der Waals surface area contributed by atoms with Crippen LogP contribution in [0.1, 0.15) is 28.9 Å². The van der Waals surface area contributed by atoms with Crippen LogP contribution < -0.4 is 0 Å². The van der Waals surface area contributed by atoms with Crippen LogP contribution in [0.3, 0.4) is 0 Å². The molecule has 0 aliphatic carbocycles. The lowest BCUT2D eigenvalue weighted by atomic mass is 9.89. The van der Waals surface area contributed by atoms with E-state index in [1.54, 1.807) is 12.4 Å². The van der Waals surface area contributed by atoms with Gasteiger partial charge in [0.2, 0.25) is 5.91 Å². The smallest absolute Gasteiger partial charge is 0.255 e. The Morgan fingerprint density at radius 2 is 1.86 bits per heavy atom. The molecule has 2 fully saturated rings. The van der Waals surface area contributed by atoms with E-state index >= 15 is 0 Å². The van der Waals surface area contributed by atoms with Crippen LogP contribution in [0.2, 0.25) is 0 Å². The van der Waals surface area contributed by atoms with Crippen molar-refractivity contribution < 1.29 is 9.59 Å². The Labute approximate surface area is 167 Å². The predicted octanol–water partition coefficient (Wildman–Crippen LogP) is 3.59. The summed E-state index contributed by atoms with van der Waals surface area (Å²) in [5.41, 5.74) is 4.56. The first-order valence-corrected chi connectivity index (χ1v) is 10.4. The summed E-state index contributed by atoms with van der Waals surface area (Å²) in [6.07, 6.45) is 0. The molecule has 0 radical (unpaired) electrons. The Bertz CT molecular complexity index is 1050. The quantitative estimate of drug-likeness (QED) is 0.671. The number of amides is 2. The van der Waals surface area contributed by atoms with Crippen molar-refractivity contribution in [2.24, 2.45) is 11.8 Å². The van der Waals surface area contributed by atoms with E-state index in [2.05, 4.69) is 17.1 Å². The highest BCUT2D eigenvalue weighted by atomic mass is 32.1. The molecule has 2 aromatic carbocycles. The number of hydrogen-bond acceptors (Lipinski definition) is 4. The maximum absolute atomic E-state index is 13.3. The van der Waals surface area contributed by atoms with Crippen LogP contribution in [0.5, 0.6) is 0 Å². The van der Waals surface area contributed by atoms with Gasteiger partial charge in [-0.3, -0.25) is 9.59 Å². The summed E-state index contributed by atoms with van der Waals surface area (Å²) in [4.78, 5) is 33.8. The van der Waals surface area contributed by atoms with Gasteiger partial charge in [-0.05, 0) is 17.7 Å². The second-order valence-electron chi connectivity index (χ2n) is 7.67. The number of likely N-dealkylation sites (tertiary alicyclic amines) is 2. The largest absolute Gasteiger partial charge is 0.338 e. The minimum atomic E-state index is 0.0423. The first-order valence-electron chi connectivity index (χ1n) is 9.57. The molecule has 5 rings (SSSR count). The third-order valence-corrected chi connectivity index (χ3v) is 6.96. The molecule has 28 heavy (non-hydrogen) atoms. The number of thiazole rings is 1. The topological polar surface area (TPSA) is 53.5 Å². The molecule has 3 heterocycles. The van der Waals surface area contributed by atoms with Crippen LogP contribution in [0.4, 0.5) is 0 Å². The molecule has 2 saturated heterocycles. The Hall–Kier alpha value is -2.73. The number of hydrogen-bond donors (Lipinski definition) is 0. The standard InChI is InChI=1S/C22H21N3O2S/c1-14(26)25-11-16-10-24(12-18(16)20(25)15-6-3-2-4-7-15)22(27)17-8-5-9-19-21(17)28-13-23-19/h2-9,13,16,18,20H,10-12H2,1H3/t16-,18-,20+/m1/s1. The summed E-state index contributed by atoms with van der Waals surface area (Å²) >= 11 is 1.51. The molecule has 0 bridgehead atoms. The van der Waals surface area contributed by atoms with Gasteiger partial charge >= 0.3 is 0 Å². The first kappa shape index (κ1) is 17.4. The number of carbonyl (C=O) groups excluding carboxylic acids is 2. The van der Waals surface area contributed by atoms with Crippen molar-refractivity contribution >= 4 is 33.4 Å². The molecule has 5 nitrogen and oxygen atoms in total. The summed E-state index contributed by atoms with van der Waals surface area (Å²) in [5.74, 6) is 0.774. The molecule has 1 aromatic heterocycles. The van der Waals surface area contributed by atoms with Gasteiger partial charge in [-0.2, -0.15) is 0 Å². The number of nitrogens with zero attached hydrogens (tertiary/aromatic N) is 3. The Kier molecular flexibility index (Phi) is 4.16. The molecule has 142 valence electrons. The molecule has 6 heteroatoms. The van der Waals surface area contributed by atoms with E-state index in [1.165, 1.54) is 11.3 Å². The third-order valence-electron chi connectivity index (χ3n) is 6.08. The summed E-state index contributed by atoms with van der Waals surface area (Å²) in [6, 6.07) is 16.0. The number of rotatable bonds is 2. The fourth-order valence-corrected chi connectivity index (χ4v) is 5.63. The Balaban J connectivity index is 1.44. The van der Waals surface area contributed by atoms with E-state index in [0.717, 1.165) is 21.3 Å². The summed E-state index contributed by atoms with van der Waals surface area (Å²) in [6.45, 7) is 3.74. The van der Waals surface area contributed by atoms with Gasteiger partial charge < -0.3 is 9.80 Å². The molecule has 3 aromatic rings. The summed E-state index contributed by atoms with van der Waals surface area (Å²) < 4.78 is 0.953. The lowest BCUT2D eigenvalue weighted by Crippen LogP contribution is -2.36. The van der Waals surface area contributed by atoms with Crippen LogP contribution in [-0.2, 0) is 4.79 Å². The molecule has 0 unspecified atom stereocenters. The molecular formula is C22H21N3O2S. The average molecular weight is 391 g/mol. The SMILES string of the molecule is CC(=O)N1C[C@H]2CN(C(=O)c3cccc4ncsc34)C[C@H]2[C@@H]1c1ccccc1. The van der Waals surface area contributed by atoms with Gasteiger partial charge in [0, 0.05) is 38.4 Å². The van der Waals surface area contributed by atoms with Crippen LogP contribution in [0, 0.1) is 11.8 Å². The highest BCUT2D eigenvalue weighted by Gasteiger charge is 2.49. The second kappa shape index (κ2) is 6.71. The first-order chi connectivity index (χ1) is 13.6. The van der Waals surface area contributed by atoms with E-state index in [0.29, 0.717) is 25.6 Å². The van der Waals surface area contributed by atoms with Crippen molar-refractivity contribution in [3.63, 3.8) is 0 Å². The maximum atomic E-state index is 13.3. The molecule has 3 atom stereocenters. The maximum Gasteiger partial charge on any atom is 0.255 e. The van der Waals surface area contributed by atoms with Crippen molar-refractivity contribution in [1.29, 1.82) is 0 Å². The van der Waals surface area contributed by atoms with Crippen molar-refractivity contribution in [2.75, 3.05) is 19.6 Å². The fraction of sp³-hybridized carbons (Fsp3) is 0.318. The Morgan fingerprint density at radius 3 is 2.64 bits per heavy atom. The molecule has 0 spiro atoms. The lowest BCUT2D eigenvalue weighted by Gasteiger charge is -2.29. The minimum Gasteiger partial charge on any atom is -0.338 e. The second-order valence-corrected chi connectivity index (χ2v) is 8.52. The van der Waals surface area contributed by atoms with E-state index in [-0.39, 0.29) is 23.8 Å². The molecule has 2 amide bonds. The lowest BCUT2D eigenvalue weighted by molar-refractivity contribution is -0.130. The molecular weight excluding hydrogens is 370 g/mol. The molecule has 2 aliphatic heterocycles. The van der Waals surface area contributed by atoms with E-state index in [9.17, 15) is 9.59 Å². The van der Waals surface area contributed by atoms with Crippen molar-refractivity contribution in [3.05, 3.63) is 65.2 Å². The molecule has 0 N–H and O–H groups in total. The highest BCUT2D eigenvalue weighted by Crippen LogP contribution is 2.45. The monoisotopic (exact) mass is 391 g/mol. The van der Waals surface area contributed by atoms with Gasteiger partial charge in [0.1, 0.15) is 0 Å². The van der Waals surface area contributed by atoms with Gasteiger partial charge in [0.05, 0.1) is 27.3 Å². The fourth-order valence-electron chi connectivity index (χ4n) is 4.84. The van der Waals surface area contributed by atoms with Crippen LogP contribution >= 0.6 is 11.3 Å². The van der Waals surface area contributed by atoms with Crippen molar-refractivity contribution in [2.45, 2.75) is 13.0 Å². The van der Waals surface area contributed by atoms with Gasteiger partial charge in [0.25, 0.3) is 5.91 Å². The van der Waals surface area contributed by atoms with E-state index < -0.39 is 0 Å². The van der Waals surface area contributed by atoms with E-state index in [4.69, 9.17) is 0 Å². The zero-order valence-corrected chi connectivity index (χ0v) is 16.4. The average Bonchev–Trinajstić information content (AvgIpc) is 3.41. The zero-order valence-electron chi connectivity index (χ0n) is 15.6. The van der Waals surface area contributed by atoms with Gasteiger partial charge in [-0.25, -0.2) is 4.98 Å².